The Kier molecular flexibility index (Phi) is 5.18. The summed E-state index contributed by atoms with van der Waals surface area (Å²) in [7, 11) is 0. The molecule has 1 saturated carbocycles. The minimum absolute atomic E-state index is 0.106. The lowest BCUT2D eigenvalue weighted by molar-refractivity contribution is -0.122. The van der Waals surface area contributed by atoms with Gasteiger partial charge in [0.2, 0.25) is 5.91 Å². The third kappa shape index (κ3) is 4.64. The third-order valence-corrected chi connectivity index (χ3v) is 3.90. The topological polar surface area (TPSA) is 49.3 Å². The van der Waals surface area contributed by atoms with Gasteiger partial charge < -0.3 is 10.4 Å². The number of benzene rings is 1. The molecule has 1 unspecified atom stereocenters. The molecule has 0 spiro atoms. The number of carbonyl (C=O) groups excluding carboxylic acids is 1. The fourth-order valence-corrected chi connectivity index (χ4v) is 2.81. The van der Waals surface area contributed by atoms with Crippen LogP contribution in [0, 0.1) is 19.8 Å². The van der Waals surface area contributed by atoms with Gasteiger partial charge in [0.05, 0.1) is 0 Å². The Morgan fingerprint density at radius 3 is 2.50 bits per heavy atom. The number of aryl methyl sites for hydroxylation is 3. The summed E-state index contributed by atoms with van der Waals surface area (Å²) in [6, 6.07) is 6.61. The van der Waals surface area contributed by atoms with Gasteiger partial charge >= 0.3 is 0 Å². The van der Waals surface area contributed by atoms with Crippen LogP contribution >= 0.6 is 0 Å². The van der Waals surface area contributed by atoms with Crippen LogP contribution < -0.4 is 5.32 Å². The summed E-state index contributed by atoms with van der Waals surface area (Å²) < 4.78 is 0. The smallest absolute Gasteiger partial charge is 0.220 e. The van der Waals surface area contributed by atoms with Gasteiger partial charge in [-0.05, 0) is 51.0 Å². The largest absolute Gasteiger partial charge is 0.396 e. The molecule has 2 N–H and O–H groups in total. The van der Waals surface area contributed by atoms with Crippen LogP contribution in [0.5, 0.6) is 0 Å². The molecule has 3 nitrogen and oxygen atoms in total. The molecule has 20 heavy (non-hydrogen) atoms. The number of hydrogen-bond acceptors (Lipinski definition) is 2. The summed E-state index contributed by atoms with van der Waals surface area (Å²) in [4.78, 5) is 12.0. The van der Waals surface area contributed by atoms with E-state index in [0.717, 1.165) is 6.42 Å². The zero-order valence-corrected chi connectivity index (χ0v) is 12.5. The van der Waals surface area contributed by atoms with E-state index in [2.05, 4.69) is 37.4 Å². The van der Waals surface area contributed by atoms with E-state index in [1.165, 1.54) is 29.5 Å². The van der Waals surface area contributed by atoms with Gasteiger partial charge in [-0.2, -0.15) is 0 Å². The number of amides is 1. The van der Waals surface area contributed by atoms with Crippen molar-refractivity contribution in [1.29, 1.82) is 0 Å². The van der Waals surface area contributed by atoms with E-state index in [0.29, 0.717) is 18.8 Å². The molecule has 1 fully saturated rings. The van der Waals surface area contributed by atoms with Gasteiger partial charge in [0.15, 0.2) is 0 Å². The Hall–Kier alpha value is -1.35. The molecule has 1 atom stereocenters. The minimum atomic E-state index is 0.106. The first-order valence-electron chi connectivity index (χ1n) is 7.56. The zero-order chi connectivity index (χ0) is 14.5. The van der Waals surface area contributed by atoms with Crippen LogP contribution in [-0.2, 0) is 11.2 Å². The second kappa shape index (κ2) is 6.89. The van der Waals surface area contributed by atoms with Gasteiger partial charge in [-0.15, -0.1) is 0 Å². The maximum Gasteiger partial charge on any atom is 0.220 e. The van der Waals surface area contributed by atoms with Crippen LogP contribution in [0.25, 0.3) is 0 Å². The number of rotatable bonds is 7. The molecule has 1 aromatic carbocycles. The summed E-state index contributed by atoms with van der Waals surface area (Å²) in [5.41, 5.74) is 3.72. The first-order valence-corrected chi connectivity index (χ1v) is 7.56. The highest BCUT2D eigenvalue weighted by molar-refractivity contribution is 5.76. The molecule has 0 aliphatic heterocycles. The molecule has 110 valence electrons. The quantitative estimate of drug-likeness (QED) is 0.803. The first kappa shape index (κ1) is 15.0. The summed E-state index contributed by atoms with van der Waals surface area (Å²) in [5, 5.41) is 12.1. The predicted octanol–water partition coefficient (Wildman–Crippen LogP) is 2.51. The highest BCUT2D eigenvalue weighted by Crippen LogP contribution is 2.33. The van der Waals surface area contributed by atoms with Gasteiger partial charge in [0.1, 0.15) is 0 Å². The average Bonchev–Trinajstić information content (AvgIpc) is 3.19. The molecular weight excluding hydrogens is 250 g/mol. The normalized spacial score (nSPS) is 15.9. The average molecular weight is 275 g/mol. The molecule has 3 heteroatoms. The second-order valence-corrected chi connectivity index (χ2v) is 6.02. The minimum Gasteiger partial charge on any atom is -0.396 e. The standard InChI is InChI=1S/C17H25NO2/c1-12-9-13(2)11-14(10-12)3-6-17(20)18-16(7-8-19)15-4-5-15/h9-11,15-16,19H,3-8H2,1-2H3,(H,18,20). The van der Waals surface area contributed by atoms with Gasteiger partial charge in [0, 0.05) is 19.1 Å². The van der Waals surface area contributed by atoms with Crippen LogP contribution in [-0.4, -0.2) is 23.7 Å². The Labute approximate surface area is 121 Å². The van der Waals surface area contributed by atoms with Crippen LogP contribution in [0.1, 0.15) is 42.4 Å². The second-order valence-electron chi connectivity index (χ2n) is 6.02. The SMILES string of the molecule is Cc1cc(C)cc(CCC(=O)NC(CCO)C2CC2)c1. The molecule has 2 rings (SSSR count). The van der Waals surface area contributed by atoms with Crippen LogP contribution in [0.2, 0.25) is 0 Å². The van der Waals surface area contributed by atoms with Crippen molar-refractivity contribution in [3.63, 3.8) is 0 Å². The number of hydrogen-bond donors (Lipinski definition) is 2. The van der Waals surface area contributed by atoms with Crippen LogP contribution in [0.3, 0.4) is 0 Å². The first-order chi connectivity index (χ1) is 9.58. The molecular formula is C17H25NO2. The maximum absolute atomic E-state index is 12.0. The Morgan fingerprint density at radius 2 is 1.95 bits per heavy atom. The molecule has 0 bridgehead atoms. The van der Waals surface area contributed by atoms with E-state index in [9.17, 15) is 4.79 Å². The number of carbonyl (C=O) groups is 1. The molecule has 1 amide bonds. The van der Waals surface area contributed by atoms with Crippen molar-refractivity contribution >= 4 is 5.91 Å². The number of aliphatic hydroxyl groups is 1. The lowest BCUT2D eigenvalue weighted by Crippen LogP contribution is -2.37. The Morgan fingerprint density at radius 1 is 1.30 bits per heavy atom. The molecule has 0 saturated heterocycles. The summed E-state index contributed by atoms with van der Waals surface area (Å²) in [5.74, 6) is 0.696. The van der Waals surface area contributed by atoms with E-state index in [1.54, 1.807) is 0 Å². The van der Waals surface area contributed by atoms with E-state index >= 15 is 0 Å². The van der Waals surface area contributed by atoms with Crippen LogP contribution in [0.4, 0.5) is 0 Å². The van der Waals surface area contributed by atoms with Crippen molar-refractivity contribution in [2.75, 3.05) is 6.61 Å². The molecule has 1 aromatic rings. The highest BCUT2D eigenvalue weighted by Gasteiger charge is 2.31. The molecule has 0 aromatic heterocycles. The number of aliphatic hydroxyl groups excluding tert-OH is 1. The summed E-state index contributed by atoms with van der Waals surface area (Å²) >= 11 is 0. The number of nitrogens with one attached hydrogen (secondary N) is 1. The van der Waals surface area contributed by atoms with E-state index in [1.807, 2.05) is 0 Å². The van der Waals surface area contributed by atoms with Gasteiger partial charge in [0.25, 0.3) is 0 Å². The van der Waals surface area contributed by atoms with E-state index < -0.39 is 0 Å². The summed E-state index contributed by atoms with van der Waals surface area (Å²) in [6.07, 6.45) is 4.35. The van der Waals surface area contributed by atoms with E-state index in [4.69, 9.17) is 5.11 Å². The molecule has 0 radical (unpaired) electrons. The molecule has 0 heterocycles. The van der Waals surface area contributed by atoms with Crippen molar-refractivity contribution in [3.8, 4) is 0 Å². The fraction of sp³-hybridized carbons (Fsp3) is 0.588. The zero-order valence-electron chi connectivity index (χ0n) is 12.5. The third-order valence-electron chi connectivity index (χ3n) is 3.90. The summed E-state index contributed by atoms with van der Waals surface area (Å²) in [6.45, 7) is 4.32. The molecule has 1 aliphatic rings. The van der Waals surface area contributed by atoms with Gasteiger partial charge in [-0.25, -0.2) is 0 Å². The monoisotopic (exact) mass is 275 g/mol. The van der Waals surface area contributed by atoms with Gasteiger partial charge in [-0.1, -0.05) is 29.3 Å². The predicted molar refractivity (Wildman–Crippen MR) is 80.6 cm³/mol. The van der Waals surface area contributed by atoms with Crippen molar-refractivity contribution in [2.45, 2.75) is 52.0 Å². The van der Waals surface area contributed by atoms with Crippen molar-refractivity contribution < 1.29 is 9.90 Å². The van der Waals surface area contributed by atoms with Crippen molar-refractivity contribution in [2.24, 2.45) is 5.92 Å². The molecule has 1 aliphatic carbocycles. The van der Waals surface area contributed by atoms with Crippen molar-refractivity contribution in [1.82, 2.24) is 5.32 Å². The maximum atomic E-state index is 12.0. The highest BCUT2D eigenvalue weighted by atomic mass is 16.3. The Bertz CT molecular complexity index is 446. The van der Waals surface area contributed by atoms with Crippen molar-refractivity contribution in [3.05, 3.63) is 34.9 Å². The van der Waals surface area contributed by atoms with E-state index in [-0.39, 0.29) is 18.6 Å². The Balaban J connectivity index is 1.81. The fourth-order valence-electron chi connectivity index (χ4n) is 2.81. The lowest BCUT2D eigenvalue weighted by atomic mass is 10.0. The van der Waals surface area contributed by atoms with Gasteiger partial charge in [-0.3, -0.25) is 4.79 Å². The lowest BCUT2D eigenvalue weighted by Gasteiger charge is -2.17. The van der Waals surface area contributed by atoms with Crippen LogP contribution in [0.15, 0.2) is 18.2 Å².